The standard InChI is InChI=1S/C14H22BrNO/c1-9(2)10(3)13(16)8-11-5-6-14(17-4)12(15)7-11/h5-7,9-10,13H,8,16H2,1-4H3. The lowest BCUT2D eigenvalue weighted by Crippen LogP contribution is -2.33. The molecule has 0 radical (unpaired) electrons. The molecule has 2 N–H and O–H groups in total. The first-order valence-corrected chi connectivity index (χ1v) is 6.83. The molecule has 1 aromatic rings. The Kier molecular flexibility index (Phi) is 5.47. The summed E-state index contributed by atoms with van der Waals surface area (Å²) in [6, 6.07) is 6.35. The quantitative estimate of drug-likeness (QED) is 0.901. The monoisotopic (exact) mass is 299 g/mol. The van der Waals surface area contributed by atoms with Gasteiger partial charge >= 0.3 is 0 Å². The lowest BCUT2D eigenvalue weighted by molar-refractivity contribution is 0.344. The van der Waals surface area contributed by atoms with E-state index < -0.39 is 0 Å². The van der Waals surface area contributed by atoms with Crippen molar-refractivity contribution in [2.75, 3.05) is 7.11 Å². The Bertz CT molecular complexity index is 365. The van der Waals surface area contributed by atoms with Crippen molar-refractivity contribution in [3.8, 4) is 5.75 Å². The Morgan fingerprint density at radius 3 is 2.41 bits per heavy atom. The summed E-state index contributed by atoms with van der Waals surface area (Å²) in [5.41, 5.74) is 7.47. The van der Waals surface area contributed by atoms with Crippen LogP contribution in [0.1, 0.15) is 26.3 Å². The minimum atomic E-state index is 0.204. The SMILES string of the molecule is COc1ccc(CC(N)C(C)C(C)C)cc1Br. The van der Waals surface area contributed by atoms with Gasteiger partial charge < -0.3 is 10.5 Å². The van der Waals surface area contributed by atoms with Gasteiger partial charge in [-0.3, -0.25) is 0 Å². The molecule has 0 aliphatic rings. The normalized spacial score (nSPS) is 14.8. The third kappa shape index (κ3) is 4.00. The Hall–Kier alpha value is -0.540. The third-order valence-electron chi connectivity index (χ3n) is 3.41. The Labute approximate surface area is 113 Å². The molecule has 0 heterocycles. The number of hydrogen-bond acceptors (Lipinski definition) is 2. The van der Waals surface area contributed by atoms with Crippen LogP contribution in [0, 0.1) is 11.8 Å². The summed E-state index contributed by atoms with van der Waals surface area (Å²) in [5.74, 6) is 2.00. The number of ether oxygens (including phenoxy) is 1. The van der Waals surface area contributed by atoms with Crippen molar-refractivity contribution in [2.45, 2.75) is 33.2 Å². The van der Waals surface area contributed by atoms with Crippen molar-refractivity contribution in [3.63, 3.8) is 0 Å². The first kappa shape index (κ1) is 14.5. The van der Waals surface area contributed by atoms with Gasteiger partial charge in [0, 0.05) is 6.04 Å². The first-order valence-electron chi connectivity index (χ1n) is 6.03. The van der Waals surface area contributed by atoms with Crippen LogP contribution >= 0.6 is 15.9 Å². The van der Waals surface area contributed by atoms with Crippen LogP contribution in [0.3, 0.4) is 0 Å². The summed E-state index contributed by atoms with van der Waals surface area (Å²) < 4.78 is 6.20. The number of nitrogens with two attached hydrogens (primary N) is 1. The van der Waals surface area contributed by atoms with Gasteiger partial charge in [-0.1, -0.05) is 26.8 Å². The Balaban J connectivity index is 2.72. The molecule has 0 saturated carbocycles. The van der Waals surface area contributed by atoms with Gasteiger partial charge in [0.05, 0.1) is 11.6 Å². The van der Waals surface area contributed by atoms with Gasteiger partial charge in [0.15, 0.2) is 0 Å². The molecule has 2 unspecified atom stereocenters. The lowest BCUT2D eigenvalue weighted by atomic mass is 9.87. The van der Waals surface area contributed by atoms with E-state index in [0.717, 1.165) is 16.6 Å². The molecule has 1 aromatic carbocycles. The fraction of sp³-hybridized carbons (Fsp3) is 0.571. The van der Waals surface area contributed by atoms with Crippen molar-refractivity contribution in [1.82, 2.24) is 0 Å². The molecule has 0 amide bonds. The molecule has 1 rings (SSSR count). The predicted octanol–water partition coefficient (Wildman–Crippen LogP) is 3.62. The molecule has 2 atom stereocenters. The molecule has 96 valence electrons. The summed E-state index contributed by atoms with van der Waals surface area (Å²) >= 11 is 3.50. The van der Waals surface area contributed by atoms with Gasteiger partial charge in [-0.2, -0.15) is 0 Å². The Morgan fingerprint density at radius 1 is 1.29 bits per heavy atom. The van der Waals surface area contributed by atoms with E-state index in [-0.39, 0.29) is 6.04 Å². The van der Waals surface area contributed by atoms with Gasteiger partial charge in [-0.25, -0.2) is 0 Å². The minimum Gasteiger partial charge on any atom is -0.496 e. The second-order valence-corrected chi connectivity index (χ2v) is 5.79. The zero-order valence-electron chi connectivity index (χ0n) is 11.0. The topological polar surface area (TPSA) is 35.2 Å². The summed E-state index contributed by atoms with van der Waals surface area (Å²) in [7, 11) is 1.67. The fourth-order valence-electron chi connectivity index (χ4n) is 1.79. The number of rotatable bonds is 5. The van der Waals surface area contributed by atoms with E-state index in [9.17, 15) is 0 Å². The van der Waals surface area contributed by atoms with E-state index in [1.54, 1.807) is 7.11 Å². The van der Waals surface area contributed by atoms with Crippen LogP contribution in [0.15, 0.2) is 22.7 Å². The number of methoxy groups -OCH3 is 1. The highest BCUT2D eigenvalue weighted by Gasteiger charge is 2.16. The van der Waals surface area contributed by atoms with Crippen molar-refractivity contribution < 1.29 is 4.74 Å². The summed E-state index contributed by atoms with van der Waals surface area (Å²) in [5, 5.41) is 0. The fourth-order valence-corrected chi connectivity index (χ4v) is 2.38. The Morgan fingerprint density at radius 2 is 1.94 bits per heavy atom. The van der Waals surface area contributed by atoms with Crippen LogP contribution in [0.2, 0.25) is 0 Å². The van der Waals surface area contributed by atoms with E-state index in [2.05, 4.69) is 48.8 Å². The predicted molar refractivity (Wildman–Crippen MR) is 76.4 cm³/mol. The van der Waals surface area contributed by atoms with Crippen LogP contribution in [0.5, 0.6) is 5.75 Å². The molecule has 0 aliphatic heterocycles. The molecular weight excluding hydrogens is 278 g/mol. The maximum absolute atomic E-state index is 6.22. The second-order valence-electron chi connectivity index (χ2n) is 4.94. The molecule has 0 aromatic heterocycles. The molecule has 17 heavy (non-hydrogen) atoms. The van der Waals surface area contributed by atoms with Crippen molar-refractivity contribution in [3.05, 3.63) is 28.2 Å². The van der Waals surface area contributed by atoms with E-state index >= 15 is 0 Å². The van der Waals surface area contributed by atoms with Crippen LogP contribution in [0.4, 0.5) is 0 Å². The summed E-state index contributed by atoms with van der Waals surface area (Å²) in [4.78, 5) is 0. The molecule has 0 spiro atoms. The molecule has 0 aliphatic carbocycles. The van der Waals surface area contributed by atoms with Crippen LogP contribution in [-0.2, 0) is 6.42 Å². The van der Waals surface area contributed by atoms with E-state index in [1.165, 1.54) is 5.56 Å². The average molecular weight is 300 g/mol. The van der Waals surface area contributed by atoms with Crippen LogP contribution in [0.25, 0.3) is 0 Å². The van der Waals surface area contributed by atoms with Crippen LogP contribution in [-0.4, -0.2) is 13.2 Å². The smallest absolute Gasteiger partial charge is 0.133 e. The molecular formula is C14H22BrNO. The largest absolute Gasteiger partial charge is 0.496 e. The summed E-state index contributed by atoms with van der Waals surface area (Å²) in [6.07, 6.45) is 0.905. The van der Waals surface area contributed by atoms with Gasteiger partial charge in [0.25, 0.3) is 0 Å². The van der Waals surface area contributed by atoms with Gasteiger partial charge in [-0.05, 0) is 51.9 Å². The average Bonchev–Trinajstić information content (AvgIpc) is 2.28. The highest BCUT2D eigenvalue weighted by atomic mass is 79.9. The van der Waals surface area contributed by atoms with E-state index in [0.29, 0.717) is 11.8 Å². The molecule has 3 heteroatoms. The highest BCUT2D eigenvalue weighted by molar-refractivity contribution is 9.10. The van der Waals surface area contributed by atoms with Gasteiger partial charge in [0.2, 0.25) is 0 Å². The maximum atomic E-state index is 6.22. The van der Waals surface area contributed by atoms with Gasteiger partial charge in [-0.15, -0.1) is 0 Å². The zero-order valence-corrected chi connectivity index (χ0v) is 12.6. The van der Waals surface area contributed by atoms with Crippen molar-refractivity contribution >= 4 is 15.9 Å². The number of halogens is 1. The zero-order chi connectivity index (χ0) is 13.0. The highest BCUT2D eigenvalue weighted by Crippen LogP contribution is 2.26. The van der Waals surface area contributed by atoms with Gasteiger partial charge in [0.1, 0.15) is 5.75 Å². The van der Waals surface area contributed by atoms with Crippen molar-refractivity contribution in [2.24, 2.45) is 17.6 Å². The number of benzene rings is 1. The third-order valence-corrected chi connectivity index (χ3v) is 4.03. The maximum Gasteiger partial charge on any atom is 0.133 e. The number of hydrogen-bond donors (Lipinski definition) is 1. The molecule has 0 bridgehead atoms. The first-order chi connectivity index (χ1) is 7.95. The molecule has 0 saturated heterocycles. The molecule has 0 fully saturated rings. The molecule has 2 nitrogen and oxygen atoms in total. The van der Waals surface area contributed by atoms with Crippen molar-refractivity contribution in [1.29, 1.82) is 0 Å². The van der Waals surface area contributed by atoms with Crippen LogP contribution < -0.4 is 10.5 Å². The van der Waals surface area contributed by atoms with E-state index in [4.69, 9.17) is 10.5 Å². The van der Waals surface area contributed by atoms with E-state index in [1.807, 2.05) is 6.07 Å². The lowest BCUT2D eigenvalue weighted by Gasteiger charge is -2.23. The second kappa shape index (κ2) is 6.41. The summed E-state index contributed by atoms with van der Waals surface area (Å²) in [6.45, 7) is 6.65. The minimum absolute atomic E-state index is 0.204.